The molecule has 1 rings (SSSR count). The van der Waals surface area contributed by atoms with Crippen LogP contribution in [-0.4, -0.2) is 19.5 Å². The van der Waals surface area contributed by atoms with E-state index in [-0.39, 0.29) is 0 Å². The Morgan fingerprint density at radius 3 is 2.31 bits per heavy atom. The Labute approximate surface area is 98.2 Å². The molecule has 0 atom stereocenters. The molecule has 0 fully saturated rings. The van der Waals surface area contributed by atoms with Gasteiger partial charge in [0, 0.05) is 5.56 Å². The van der Waals surface area contributed by atoms with Crippen LogP contribution in [0.4, 0.5) is 0 Å². The highest BCUT2D eigenvalue weighted by atomic mass is 28.3. The normalized spacial score (nSPS) is 12.5. The largest absolute Gasteiger partial charge is 0.473 e. The Kier molecular flexibility index (Phi) is 4.35. The first-order chi connectivity index (χ1) is 7.65. The van der Waals surface area contributed by atoms with E-state index in [0.717, 1.165) is 11.1 Å². The average molecular weight is 239 g/mol. The van der Waals surface area contributed by atoms with Gasteiger partial charge in [0.05, 0.1) is 17.9 Å². The average Bonchev–Trinajstić information content (AvgIpc) is 2.66. The van der Waals surface area contributed by atoms with Gasteiger partial charge >= 0.3 is 0 Å². The third-order valence-electron chi connectivity index (χ3n) is 3.79. The Bertz CT molecular complexity index is 359. The van der Waals surface area contributed by atoms with Crippen LogP contribution in [0.1, 0.15) is 31.9 Å². The Hall–Kier alpha value is -1.03. The Balaban J connectivity index is 3.21. The van der Waals surface area contributed by atoms with Crippen LogP contribution in [0.5, 0.6) is 0 Å². The van der Waals surface area contributed by atoms with Gasteiger partial charge in [-0.2, -0.15) is 0 Å². The third kappa shape index (κ3) is 2.07. The standard InChI is InChI=1S/C12H21NO2Si/c1-5-16(6-2,7-3)12-10(4)11(8-13-14)9-15-12/h8-9,14H,5-7H2,1-4H3. The topological polar surface area (TPSA) is 45.7 Å². The highest BCUT2D eigenvalue weighted by molar-refractivity contribution is 6.91. The molecule has 1 heterocycles. The van der Waals surface area contributed by atoms with Crippen LogP contribution in [0, 0.1) is 6.92 Å². The van der Waals surface area contributed by atoms with Crippen LogP contribution in [0.15, 0.2) is 15.8 Å². The van der Waals surface area contributed by atoms with E-state index in [1.165, 1.54) is 29.7 Å². The molecular formula is C12H21NO2Si. The molecule has 0 unspecified atom stereocenters. The zero-order valence-corrected chi connectivity index (χ0v) is 11.6. The molecule has 0 amide bonds. The Morgan fingerprint density at radius 2 is 1.88 bits per heavy atom. The summed E-state index contributed by atoms with van der Waals surface area (Å²) in [6.07, 6.45) is 3.15. The fraction of sp³-hybridized carbons (Fsp3) is 0.583. The first-order valence-corrected chi connectivity index (χ1v) is 8.53. The molecule has 0 aliphatic rings. The van der Waals surface area contributed by atoms with Crippen molar-refractivity contribution in [3.05, 3.63) is 17.4 Å². The monoisotopic (exact) mass is 239 g/mol. The zero-order chi connectivity index (χ0) is 12.2. The summed E-state index contributed by atoms with van der Waals surface area (Å²) >= 11 is 0. The summed E-state index contributed by atoms with van der Waals surface area (Å²) < 4.78 is 5.75. The maximum atomic E-state index is 8.57. The third-order valence-corrected chi connectivity index (χ3v) is 9.30. The van der Waals surface area contributed by atoms with Crippen molar-refractivity contribution in [2.75, 3.05) is 0 Å². The molecule has 1 N–H and O–H groups in total. The maximum absolute atomic E-state index is 8.57. The first-order valence-electron chi connectivity index (χ1n) is 5.91. The molecule has 0 spiro atoms. The molecule has 1 aromatic heterocycles. The molecule has 0 aromatic carbocycles. The molecule has 1 aromatic rings. The molecule has 16 heavy (non-hydrogen) atoms. The summed E-state index contributed by atoms with van der Waals surface area (Å²) in [5.41, 5.74) is 2.04. The lowest BCUT2D eigenvalue weighted by Gasteiger charge is -2.26. The summed E-state index contributed by atoms with van der Waals surface area (Å²) in [6, 6.07) is 3.60. The van der Waals surface area contributed by atoms with Gasteiger partial charge in [-0.05, 0) is 12.5 Å². The van der Waals surface area contributed by atoms with Crippen molar-refractivity contribution in [3.8, 4) is 0 Å². The van der Waals surface area contributed by atoms with Gasteiger partial charge in [-0.25, -0.2) is 0 Å². The van der Waals surface area contributed by atoms with Crippen molar-refractivity contribution in [2.24, 2.45) is 5.16 Å². The van der Waals surface area contributed by atoms with Crippen molar-refractivity contribution in [1.29, 1.82) is 0 Å². The van der Waals surface area contributed by atoms with E-state index < -0.39 is 8.07 Å². The van der Waals surface area contributed by atoms with Gasteiger partial charge in [-0.3, -0.25) is 0 Å². The molecule has 0 saturated heterocycles. The lowest BCUT2D eigenvalue weighted by atomic mass is 10.2. The van der Waals surface area contributed by atoms with Crippen LogP contribution >= 0.6 is 0 Å². The van der Waals surface area contributed by atoms with Crippen LogP contribution < -0.4 is 5.38 Å². The van der Waals surface area contributed by atoms with Crippen LogP contribution in [-0.2, 0) is 0 Å². The number of oxime groups is 1. The molecule has 3 nitrogen and oxygen atoms in total. The highest BCUT2D eigenvalue weighted by Gasteiger charge is 2.34. The number of nitrogens with zero attached hydrogens (tertiary/aromatic N) is 1. The predicted molar refractivity (Wildman–Crippen MR) is 69.7 cm³/mol. The van der Waals surface area contributed by atoms with E-state index in [1.54, 1.807) is 6.26 Å². The molecule has 0 saturated carbocycles. The first kappa shape index (κ1) is 13.0. The van der Waals surface area contributed by atoms with E-state index in [1.807, 2.05) is 0 Å². The van der Waals surface area contributed by atoms with Gasteiger partial charge < -0.3 is 9.62 Å². The minimum atomic E-state index is -1.46. The van der Waals surface area contributed by atoms with Crippen molar-refractivity contribution in [1.82, 2.24) is 0 Å². The molecule has 0 bridgehead atoms. The second-order valence-electron chi connectivity index (χ2n) is 4.23. The lowest BCUT2D eigenvalue weighted by Crippen LogP contribution is -2.46. The van der Waals surface area contributed by atoms with Crippen molar-refractivity contribution < 1.29 is 9.62 Å². The summed E-state index contributed by atoms with van der Waals surface area (Å²) in [6.45, 7) is 8.81. The number of rotatable bonds is 5. The van der Waals surface area contributed by atoms with Gasteiger partial charge in [0.15, 0.2) is 0 Å². The van der Waals surface area contributed by atoms with Gasteiger partial charge in [0.2, 0.25) is 0 Å². The minimum absolute atomic E-state index is 0.893. The van der Waals surface area contributed by atoms with E-state index in [2.05, 4.69) is 32.9 Å². The van der Waals surface area contributed by atoms with Gasteiger partial charge in [-0.15, -0.1) is 0 Å². The van der Waals surface area contributed by atoms with Crippen LogP contribution in [0.3, 0.4) is 0 Å². The van der Waals surface area contributed by atoms with Gasteiger partial charge in [0.25, 0.3) is 0 Å². The van der Waals surface area contributed by atoms with Crippen molar-refractivity contribution in [2.45, 2.75) is 45.8 Å². The fourth-order valence-corrected chi connectivity index (χ4v) is 6.09. The summed E-state index contributed by atoms with van der Waals surface area (Å²) in [5, 5.41) is 12.8. The SMILES string of the molecule is CC[Si](CC)(CC)c1occ(C=NO)c1C. The second-order valence-corrected chi connectivity index (χ2v) is 9.37. The maximum Gasteiger partial charge on any atom is 0.132 e. The lowest BCUT2D eigenvalue weighted by molar-refractivity contribution is 0.322. The molecule has 0 aliphatic carbocycles. The van der Waals surface area contributed by atoms with E-state index in [4.69, 9.17) is 9.62 Å². The van der Waals surface area contributed by atoms with Crippen LogP contribution in [0.2, 0.25) is 18.1 Å². The van der Waals surface area contributed by atoms with Crippen molar-refractivity contribution >= 4 is 19.7 Å². The van der Waals surface area contributed by atoms with Gasteiger partial charge in [-0.1, -0.05) is 44.1 Å². The Morgan fingerprint density at radius 1 is 1.31 bits per heavy atom. The summed E-state index contributed by atoms with van der Waals surface area (Å²) in [4.78, 5) is 0. The van der Waals surface area contributed by atoms with E-state index >= 15 is 0 Å². The predicted octanol–water partition coefficient (Wildman–Crippen LogP) is 3.11. The number of hydrogen-bond acceptors (Lipinski definition) is 3. The molecular weight excluding hydrogens is 218 g/mol. The second kappa shape index (κ2) is 5.34. The number of furan rings is 1. The van der Waals surface area contributed by atoms with Gasteiger partial charge in [0.1, 0.15) is 8.07 Å². The number of hydrogen-bond donors (Lipinski definition) is 1. The summed E-state index contributed by atoms with van der Waals surface area (Å²) in [5.74, 6) is 0. The van der Waals surface area contributed by atoms with Crippen molar-refractivity contribution in [3.63, 3.8) is 0 Å². The van der Waals surface area contributed by atoms with E-state index in [0.29, 0.717) is 0 Å². The zero-order valence-electron chi connectivity index (χ0n) is 10.6. The molecule has 0 radical (unpaired) electrons. The smallest absolute Gasteiger partial charge is 0.132 e. The summed E-state index contributed by atoms with van der Waals surface area (Å²) in [7, 11) is -1.46. The van der Waals surface area contributed by atoms with E-state index in [9.17, 15) is 0 Å². The highest BCUT2D eigenvalue weighted by Crippen LogP contribution is 2.23. The molecule has 90 valence electrons. The molecule has 0 aliphatic heterocycles. The quantitative estimate of drug-likeness (QED) is 0.371. The fourth-order valence-electron chi connectivity index (χ4n) is 2.37. The van der Waals surface area contributed by atoms with Crippen LogP contribution in [0.25, 0.3) is 0 Å². The molecule has 4 heteroatoms. The minimum Gasteiger partial charge on any atom is -0.473 e.